The van der Waals surface area contributed by atoms with Gasteiger partial charge in [0, 0.05) is 10.5 Å². The summed E-state index contributed by atoms with van der Waals surface area (Å²) in [5, 5.41) is 8.73. The van der Waals surface area contributed by atoms with E-state index in [0.29, 0.717) is 0 Å². The summed E-state index contributed by atoms with van der Waals surface area (Å²) in [5.41, 5.74) is 1.24. The zero-order valence-corrected chi connectivity index (χ0v) is 9.88. The smallest absolute Gasteiger partial charge is 0.304 e. The molecule has 0 fully saturated rings. The molecule has 1 N–H and O–H groups in total. The van der Waals surface area contributed by atoms with Crippen LogP contribution in [0.1, 0.15) is 25.8 Å². The first-order chi connectivity index (χ1) is 6.99. The lowest BCUT2D eigenvalue weighted by Gasteiger charge is -2.21. The summed E-state index contributed by atoms with van der Waals surface area (Å²) in [6.45, 7) is 3.93. The summed E-state index contributed by atoms with van der Waals surface area (Å²) >= 11 is 1.68. The third kappa shape index (κ3) is 4.88. The second-order valence-electron chi connectivity index (χ2n) is 4.10. The highest BCUT2D eigenvalue weighted by molar-refractivity contribution is 7.99. The average Bonchev–Trinajstić information content (AvgIpc) is 2.15. The molecule has 0 bridgehead atoms. The van der Waals surface area contributed by atoms with Gasteiger partial charge in [0.1, 0.15) is 0 Å². The maximum Gasteiger partial charge on any atom is 0.304 e. The van der Waals surface area contributed by atoms with E-state index in [1.807, 2.05) is 32.0 Å². The Bertz CT molecular complexity index is 320. The molecular formula is C12H16O2S. The van der Waals surface area contributed by atoms with Crippen molar-refractivity contribution in [2.75, 3.05) is 0 Å². The van der Waals surface area contributed by atoms with E-state index >= 15 is 0 Å². The van der Waals surface area contributed by atoms with Gasteiger partial charge >= 0.3 is 5.97 Å². The summed E-state index contributed by atoms with van der Waals surface area (Å²) < 4.78 is -0.207. The molecule has 0 saturated heterocycles. The van der Waals surface area contributed by atoms with Crippen LogP contribution >= 0.6 is 11.8 Å². The molecule has 0 spiro atoms. The first-order valence-corrected chi connectivity index (χ1v) is 5.88. The van der Waals surface area contributed by atoms with Gasteiger partial charge in [0.25, 0.3) is 0 Å². The molecule has 0 radical (unpaired) electrons. The van der Waals surface area contributed by atoms with E-state index in [9.17, 15) is 4.79 Å². The fourth-order valence-electron chi connectivity index (χ4n) is 1.27. The lowest BCUT2D eigenvalue weighted by Crippen LogP contribution is -2.19. The van der Waals surface area contributed by atoms with Crippen molar-refractivity contribution < 1.29 is 9.90 Å². The highest BCUT2D eigenvalue weighted by Gasteiger charge is 2.21. The summed E-state index contributed by atoms with van der Waals surface area (Å²) in [6, 6.07) is 10.1. The van der Waals surface area contributed by atoms with Gasteiger partial charge in [0.05, 0.1) is 6.42 Å². The first-order valence-electron chi connectivity index (χ1n) is 4.89. The van der Waals surface area contributed by atoms with Crippen molar-refractivity contribution in [2.45, 2.75) is 30.8 Å². The molecule has 1 rings (SSSR count). The van der Waals surface area contributed by atoms with Gasteiger partial charge in [-0.3, -0.25) is 4.79 Å². The van der Waals surface area contributed by atoms with Crippen molar-refractivity contribution in [3.8, 4) is 0 Å². The zero-order valence-electron chi connectivity index (χ0n) is 9.06. The van der Waals surface area contributed by atoms with E-state index in [1.165, 1.54) is 5.56 Å². The van der Waals surface area contributed by atoms with Crippen LogP contribution in [-0.2, 0) is 10.5 Å². The maximum absolute atomic E-state index is 10.6. The second-order valence-corrected chi connectivity index (χ2v) is 5.79. The summed E-state index contributed by atoms with van der Waals surface area (Å²) in [6.07, 6.45) is 0.199. The predicted molar refractivity (Wildman–Crippen MR) is 64.1 cm³/mol. The van der Waals surface area contributed by atoms with Gasteiger partial charge in [-0.2, -0.15) is 11.8 Å². The summed E-state index contributed by atoms with van der Waals surface area (Å²) in [7, 11) is 0. The fourth-order valence-corrected chi connectivity index (χ4v) is 2.24. The second kappa shape index (κ2) is 5.21. The van der Waals surface area contributed by atoms with Gasteiger partial charge in [-0.15, -0.1) is 0 Å². The largest absolute Gasteiger partial charge is 0.481 e. The van der Waals surface area contributed by atoms with Crippen molar-refractivity contribution in [2.24, 2.45) is 0 Å². The molecule has 3 heteroatoms. The molecule has 15 heavy (non-hydrogen) atoms. The predicted octanol–water partition coefficient (Wildman–Crippen LogP) is 3.17. The lowest BCUT2D eigenvalue weighted by atomic mass is 10.1. The van der Waals surface area contributed by atoms with E-state index in [-0.39, 0.29) is 11.2 Å². The van der Waals surface area contributed by atoms with Gasteiger partial charge in [-0.05, 0) is 5.56 Å². The SMILES string of the molecule is CC(C)(CC(=O)O)SCc1ccccc1. The molecule has 0 aliphatic heterocycles. The van der Waals surface area contributed by atoms with Gasteiger partial charge in [-0.25, -0.2) is 0 Å². The molecule has 0 saturated carbocycles. The number of rotatable bonds is 5. The average molecular weight is 224 g/mol. The van der Waals surface area contributed by atoms with Crippen molar-refractivity contribution in [3.63, 3.8) is 0 Å². The molecule has 1 aromatic rings. The van der Waals surface area contributed by atoms with Gasteiger partial charge in [-0.1, -0.05) is 44.2 Å². The minimum absolute atomic E-state index is 0.199. The Labute approximate surface area is 94.7 Å². The molecule has 0 aromatic heterocycles. The Hall–Kier alpha value is -0.960. The van der Waals surface area contributed by atoms with Crippen LogP contribution < -0.4 is 0 Å². The van der Waals surface area contributed by atoms with Gasteiger partial charge in [0.15, 0.2) is 0 Å². The zero-order chi connectivity index (χ0) is 11.3. The van der Waals surface area contributed by atoms with Crippen LogP contribution in [0.4, 0.5) is 0 Å². The monoisotopic (exact) mass is 224 g/mol. The molecule has 0 unspecified atom stereocenters. The van der Waals surface area contributed by atoms with Crippen LogP contribution in [0.5, 0.6) is 0 Å². The molecule has 82 valence electrons. The molecule has 0 aliphatic rings. The Morgan fingerprint density at radius 3 is 2.47 bits per heavy atom. The molecule has 1 aromatic carbocycles. The summed E-state index contributed by atoms with van der Waals surface area (Å²) in [5.74, 6) is 0.127. The number of carboxylic acids is 1. The minimum Gasteiger partial charge on any atom is -0.481 e. The maximum atomic E-state index is 10.6. The Kier molecular flexibility index (Phi) is 4.21. The number of hydrogen-bond donors (Lipinski definition) is 1. The number of aliphatic carboxylic acids is 1. The summed E-state index contributed by atoms with van der Waals surface area (Å²) in [4.78, 5) is 10.6. The number of hydrogen-bond acceptors (Lipinski definition) is 2. The third-order valence-corrected chi connectivity index (χ3v) is 3.45. The number of carbonyl (C=O) groups is 1. The Balaban J connectivity index is 2.46. The van der Waals surface area contributed by atoms with Crippen LogP contribution in [0.2, 0.25) is 0 Å². The third-order valence-electron chi connectivity index (χ3n) is 2.05. The van der Waals surface area contributed by atoms with Crippen LogP contribution in [0, 0.1) is 0 Å². The van der Waals surface area contributed by atoms with E-state index in [1.54, 1.807) is 11.8 Å². The minimum atomic E-state index is -0.736. The van der Waals surface area contributed by atoms with Gasteiger partial charge < -0.3 is 5.11 Å². The lowest BCUT2D eigenvalue weighted by molar-refractivity contribution is -0.137. The highest BCUT2D eigenvalue weighted by Crippen LogP contribution is 2.30. The quantitative estimate of drug-likeness (QED) is 0.834. The van der Waals surface area contributed by atoms with Crippen LogP contribution in [0.3, 0.4) is 0 Å². The molecule has 2 nitrogen and oxygen atoms in total. The standard InChI is InChI=1S/C12H16O2S/c1-12(2,8-11(13)14)15-9-10-6-4-3-5-7-10/h3-7H,8-9H2,1-2H3,(H,13,14). The molecule has 0 aliphatic carbocycles. The van der Waals surface area contributed by atoms with E-state index in [0.717, 1.165) is 5.75 Å². The van der Waals surface area contributed by atoms with Crippen molar-refractivity contribution in [1.29, 1.82) is 0 Å². The molecule has 0 heterocycles. The fraction of sp³-hybridized carbons (Fsp3) is 0.417. The van der Waals surface area contributed by atoms with Gasteiger partial charge in [0.2, 0.25) is 0 Å². The number of thioether (sulfide) groups is 1. The molecule has 0 amide bonds. The van der Waals surface area contributed by atoms with E-state index in [2.05, 4.69) is 12.1 Å². The highest BCUT2D eigenvalue weighted by atomic mass is 32.2. The normalized spacial score (nSPS) is 11.3. The number of benzene rings is 1. The van der Waals surface area contributed by atoms with E-state index in [4.69, 9.17) is 5.11 Å². The Morgan fingerprint density at radius 2 is 1.93 bits per heavy atom. The van der Waals surface area contributed by atoms with Crippen LogP contribution in [0.15, 0.2) is 30.3 Å². The molecule has 0 atom stereocenters. The van der Waals surface area contributed by atoms with Crippen LogP contribution in [0.25, 0.3) is 0 Å². The molecular weight excluding hydrogens is 208 g/mol. The Morgan fingerprint density at radius 1 is 1.33 bits per heavy atom. The number of carboxylic acid groups (broad SMARTS) is 1. The van der Waals surface area contributed by atoms with Crippen molar-refractivity contribution >= 4 is 17.7 Å². The van der Waals surface area contributed by atoms with Crippen LogP contribution in [-0.4, -0.2) is 15.8 Å². The van der Waals surface area contributed by atoms with E-state index < -0.39 is 5.97 Å². The first kappa shape index (κ1) is 12.1. The van der Waals surface area contributed by atoms with Crippen molar-refractivity contribution in [3.05, 3.63) is 35.9 Å². The topological polar surface area (TPSA) is 37.3 Å². The van der Waals surface area contributed by atoms with Crippen molar-refractivity contribution in [1.82, 2.24) is 0 Å².